The number of hydrogen-bond donors (Lipinski definition) is 3. The Labute approximate surface area is 209 Å². The van der Waals surface area contributed by atoms with Crippen LogP contribution >= 0.6 is 0 Å². The number of anilines is 2. The van der Waals surface area contributed by atoms with Crippen LogP contribution in [0.5, 0.6) is 0 Å². The highest BCUT2D eigenvalue weighted by Gasteiger charge is 2.17. The smallest absolute Gasteiger partial charge is 0.255 e. The van der Waals surface area contributed by atoms with Crippen LogP contribution in [-0.4, -0.2) is 48.1 Å². The van der Waals surface area contributed by atoms with Gasteiger partial charge in [0.15, 0.2) is 0 Å². The third-order valence-corrected chi connectivity index (χ3v) is 6.11. The molecule has 1 aromatic heterocycles. The molecule has 1 saturated heterocycles. The Morgan fingerprint density at radius 1 is 1.08 bits per heavy atom. The molecule has 2 amide bonds. The zero-order chi connectivity index (χ0) is 25.5. The molecule has 3 N–H and O–H groups in total. The fourth-order valence-corrected chi connectivity index (χ4v) is 4.01. The van der Waals surface area contributed by atoms with Crippen molar-refractivity contribution in [3.05, 3.63) is 86.8 Å². The molecular formula is C27H31N5O4. The number of H-pyrrole nitrogens is 1. The number of rotatable bonds is 8. The molecule has 36 heavy (non-hydrogen) atoms. The lowest BCUT2D eigenvalue weighted by Gasteiger charge is -2.27. The average molecular weight is 490 g/mol. The van der Waals surface area contributed by atoms with Crippen molar-refractivity contribution in [2.24, 2.45) is 0 Å². The summed E-state index contributed by atoms with van der Waals surface area (Å²) in [4.78, 5) is 46.9. The first-order valence-corrected chi connectivity index (χ1v) is 12.0. The summed E-state index contributed by atoms with van der Waals surface area (Å²) in [6.07, 6.45) is 0.475. The Kier molecular flexibility index (Phi) is 8.12. The first kappa shape index (κ1) is 25.1. The van der Waals surface area contributed by atoms with Gasteiger partial charge in [-0.05, 0) is 50.1 Å². The minimum atomic E-state index is -0.214. The zero-order valence-electron chi connectivity index (χ0n) is 20.6. The van der Waals surface area contributed by atoms with Crippen LogP contribution in [0, 0.1) is 13.8 Å². The fraction of sp³-hybridized carbons (Fsp3) is 0.333. The molecule has 0 radical (unpaired) electrons. The van der Waals surface area contributed by atoms with Crippen molar-refractivity contribution >= 4 is 23.5 Å². The third-order valence-electron chi connectivity index (χ3n) is 6.11. The van der Waals surface area contributed by atoms with Gasteiger partial charge in [0.25, 0.3) is 11.5 Å². The Morgan fingerprint density at radius 3 is 2.56 bits per heavy atom. The molecule has 0 atom stereocenters. The summed E-state index contributed by atoms with van der Waals surface area (Å²) in [5.41, 5.74) is 4.11. The second kappa shape index (κ2) is 11.6. The van der Waals surface area contributed by atoms with Crippen LogP contribution in [0.2, 0.25) is 0 Å². The maximum atomic E-state index is 12.6. The molecule has 188 valence electrons. The van der Waals surface area contributed by atoms with Crippen LogP contribution in [0.4, 0.5) is 11.6 Å². The van der Waals surface area contributed by atoms with Crippen molar-refractivity contribution in [1.82, 2.24) is 15.3 Å². The van der Waals surface area contributed by atoms with Gasteiger partial charge < -0.3 is 20.3 Å². The molecule has 0 aliphatic carbocycles. The summed E-state index contributed by atoms with van der Waals surface area (Å²) in [7, 11) is 0. The molecule has 9 heteroatoms. The molecule has 4 rings (SSSR count). The molecule has 1 aliphatic rings. The minimum absolute atomic E-state index is 0.167. The fourth-order valence-electron chi connectivity index (χ4n) is 4.01. The van der Waals surface area contributed by atoms with Crippen LogP contribution in [0.15, 0.2) is 53.3 Å². The number of carbonyl (C=O) groups is 2. The molecule has 9 nitrogen and oxygen atoms in total. The predicted octanol–water partition coefficient (Wildman–Crippen LogP) is 2.72. The quantitative estimate of drug-likeness (QED) is 0.448. The van der Waals surface area contributed by atoms with Gasteiger partial charge in [-0.3, -0.25) is 19.4 Å². The highest BCUT2D eigenvalue weighted by Crippen LogP contribution is 2.14. The number of nitrogens with zero attached hydrogens (tertiary/aromatic N) is 2. The second-order valence-corrected chi connectivity index (χ2v) is 8.85. The topological polar surface area (TPSA) is 116 Å². The van der Waals surface area contributed by atoms with Crippen molar-refractivity contribution in [3.63, 3.8) is 0 Å². The Morgan fingerprint density at radius 2 is 1.83 bits per heavy atom. The van der Waals surface area contributed by atoms with E-state index in [4.69, 9.17) is 4.74 Å². The van der Waals surface area contributed by atoms with E-state index in [0.29, 0.717) is 67.7 Å². The van der Waals surface area contributed by atoms with Crippen LogP contribution in [0.1, 0.15) is 39.2 Å². The Hall–Kier alpha value is -3.98. The molecule has 2 heterocycles. The number of carbonyl (C=O) groups excluding carboxylic acids is 2. The van der Waals surface area contributed by atoms with Gasteiger partial charge in [-0.25, -0.2) is 4.98 Å². The highest BCUT2D eigenvalue weighted by molar-refractivity contribution is 6.04. The molecule has 0 spiro atoms. The molecule has 0 unspecified atom stereocenters. The molecule has 1 fully saturated rings. The van der Waals surface area contributed by atoms with Crippen molar-refractivity contribution < 1.29 is 14.3 Å². The van der Waals surface area contributed by atoms with Gasteiger partial charge in [0.05, 0.1) is 13.2 Å². The van der Waals surface area contributed by atoms with Crippen LogP contribution in [0.3, 0.4) is 0 Å². The molecule has 0 saturated carbocycles. The molecular weight excluding hydrogens is 458 g/mol. The molecule has 3 aromatic rings. The number of ether oxygens (including phenoxy) is 1. The van der Waals surface area contributed by atoms with Gasteiger partial charge in [-0.15, -0.1) is 0 Å². The standard InChI is InChI=1S/C27H31N5O4/c1-18-6-8-21(9-7-18)25(34)30-22-5-3-4-20(16-22)17-28-24(33)11-10-23-19(2)29-27(31-26(23)35)32-12-14-36-15-13-32/h3-9,16H,10-15,17H2,1-2H3,(H,28,33)(H,30,34)(H,29,31,35). The van der Waals surface area contributed by atoms with E-state index in [1.54, 1.807) is 25.1 Å². The lowest BCUT2D eigenvalue weighted by Crippen LogP contribution is -2.38. The number of benzene rings is 2. The number of aromatic nitrogens is 2. The molecule has 0 bridgehead atoms. The van der Waals surface area contributed by atoms with Gasteiger partial charge in [0.2, 0.25) is 11.9 Å². The maximum Gasteiger partial charge on any atom is 0.255 e. The summed E-state index contributed by atoms with van der Waals surface area (Å²) in [6, 6.07) is 14.7. The molecule has 1 aliphatic heterocycles. The van der Waals surface area contributed by atoms with E-state index in [0.717, 1.165) is 11.1 Å². The molecule has 2 aromatic carbocycles. The van der Waals surface area contributed by atoms with E-state index < -0.39 is 0 Å². The van der Waals surface area contributed by atoms with Crippen LogP contribution in [0.25, 0.3) is 0 Å². The summed E-state index contributed by atoms with van der Waals surface area (Å²) < 4.78 is 5.35. The van der Waals surface area contributed by atoms with E-state index >= 15 is 0 Å². The summed E-state index contributed by atoms with van der Waals surface area (Å²) in [5, 5.41) is 5.77. The highest BCUT2D eigenvalue weighted by atomic mass is 16.5. The van der Waals surface area contributed by atoms with E-state index in [1.807, 2.05) is 42.2 Å². The summed E-state index contributed by atoms with van der Waals surface area (Å²) in [6.45, 7) is 6.65. The van der Waals surface area contributed by atoms with Crippen molar-refractivity contribution in [1.29, 1.82) is 0 Å². The van der Waals surface area contributed by atoms with Crippen molar-refractivity contribution in [2.45, 2.75) is 33.2 Å². The number of hydrogen-bond acceptors (Lipinski definition) is 6. The minimum Gasteiger partial charge on any atom is -0.378 e. The van der Waals surface area contributed by atoms with E-state index in [1.165, 1.54) is 0 Å². The average Bonchev–Trinajstić information content (AvgIpc) is 2.88. The Balaban J connectivity index is 1.29. The van der Waals surface area contributed by atoms with Crippen molar-refractivity contribution in [3.8, 4) is 0 Å². The Bertz CT molecular complexity index is 1280. The lowest BCUT2D eigenvalue weighted by molar-refractivity contribution is -0.121. The summed E-state index contributed by atoms with van der Waals surface area (Å²) >= 11 is 0. The number of aryl methyl sites for hydroxylation is 2. The van der Waals surface area contributed by atoms with E-state index in [2.05, 4.69) is 20.6 Å². The zero-order valence-corrected chi connectivity index (χ0v) is 20.6. The predicted molar refractivity (Wildman–Crippen MR) is 138 cm³/mol. The summed E-state index contributed by atoms with van der Waals surface area (Å²) in [5.74, 6) is 0.188. The SMILES string of the molecule is Cc1ccc(C(=O)Nc2cccc(CNC(=O)CCc3c(C)nc(N4CCOCC4)[nH]c3=O)c2)cc1. The monoisotopic (exact) mass is 489 g/mol. The van der Waals surface area contributed by atoms with Crippen molar-refractivity contribution in [2.75, 3.05) is 36.5 Å². The normalized spacial score (nSPS) is 13.3. The number of amides is 2. The van der Waals surface area contributed by atoms with Gasteiger partial charge in [0, 0.05) is 48.6 Å². The number of morpholine rings is 1. The second-order valence-electron chi connectivity index (χ2n) is 8.85. The van der Waals surface area contributed by atoms with Crippen LogP contribution < -0.4 is 21.1 Å². The third kappa shape index (κ3) is 6.57. The van der Waals surface area contributed by atoms with Gasteiger partial charge in [-0.2, -0.15) is 0 Å². The van der Waals surface area contributed by atoms with Gasteiger partial charge in [-0.1, -0.05) is 29.8 Å². The maximum absolute atomic E-state index is 12.6. The number of aromatic amines is 1. The van der Waals surface area contributed by atoms with Gasteiger partial charge >= 0.3 is 0 Å². The lowest BCUT2D eigenvalue weighted by atomic mass is 10.1. The largest absolute Gasteiger partial charge is 0.378 e. The van der Waals surface area contributed by atoms with E-state index in [9.17, 15) is 14.4 Å². The van der Waals surface area contributed by atoms with Crippen LogP contribution in [-0.2, 0) is 22.5 Å². The first-order valence-electron chi connectivity index (χ1n) is 12.0. The number of nitrogens with one attached hydrogen (secondary N) is 3. The van der Waals surface area contributed by atoms with Gasteiger partial charge in [0.1, 0.15) is 0 Å². The van der Waals surface area contributed by atoms with E-state index in [-0.39, 0.29) is 23.8 Å². The first-order chi connectivity index (χ1) is 17.4.